The number of carbonyl (C=O) groups is 4. The van der Waals surface area contributed by atoms with Crippen molar-refractivity contribution in [3.63, 3.8) is 0 Å². The van der Waals surface area contributed by atoms with E-state index in [1.165, 1.54) is 42.3 Å². The van der Waals surface area contributed by atoms with Crippen LogP contribution < -0.4 is 47.9 Å². The molecule has 4 amide bonds. The quantitative estimate of drug-likeness (QED) is 0.0285. The van der Waals surface area contributed by atoms with Gasteiger partial charge in [-0.3, -0.25) is 24.1 Å². The fourth-order valence-electron chi connectivity index (χ4n) is 13.9. The Hall–Kier alpha value is -15.6. The minimum absolute atomic E-state index is 0.140. The lowest BCUT2D eigenvalue weighted by Gasteiger charge is -2.27. The lowest BCUT2D eigenvalue weighted by molar-refractivity contribution is -0.138. The average Bonchev–Trinajstić information content (AvgIpc) is 1.62. The Kier molecular flexibility index (Phi) is 28.8. The lowest BCUT2D eigenvalue weighted by atomic mass is 10.1. The lowest BCUT2D eigenvalue weighted by Crippen LogP contribution is -2.46. The van der Waals surface area contributed by atoms with Gasteiger partial charge in [-0.05, 0) is 229 Å². The van der Waals surface area contributed by atoms with Crippen LogP contribution in [-0.2, 0) is 24.7 Å². The molecule has 1 saturated heterocycles. The molecular formula is C95H87F12N23O4. The van der Waals surface area contributed by atoms with Gasteiger partial charge >= 0.3 is 24.7 Å². The molecule has 27 nitrogen and oxygen atoms in total. The summed E-state index contributed by atoms with van der Waals surface area (Å²) in [5, 5.41) is 44.5. The highest BCUT2D eigenvalue weighted by Crippen LogP contribution is 2.38. The summed E-state index contributed by atoms with van der Waals surface area (Å²) < 4.78 is 164. The molecule has 1 aliphatic rings. The first-order valence-electron chi connectivity index (χ1n) is 41.7. The molecule has 9 heterocycles. The Balaban J connectivity index is 0.000000144. The Bertz CT molecular complexity index is 6820. The minimum Gasteiger partial charge on any atom is -0.355 e. The topological polar surface area (TPSA) is 304 Å². The summed E-state index contributed by atoms with van der Waals surface area (Å²) in [6, 6.07) is 68.2. The molecule has 690 valence electrons. The van der Waals surface area contributed by atoms with Crippen molar-refractivity contribution in [1.29, 1.82) is 0 Å². The molecule has 0 spiro atoms. The minimum atomic E-state index is -4.44. The highest BCUT2D eigenvalue weighted by molar-refractivity contribution is 5.97. The highest BCUT2D eigenvalue weighted by atomic mass is 19.4. The Morgan fingerprint density at radius 3 is 0.888 bits per heavy atom. The van der Waals surface area contributed by atoms with Crippen molar-refractivity contribution in [3.05, 3.63) is 311 Å². The van der Waals surface area contributed by atoms with Crippen LogP contribution in [0.15, 0.2) is 267 Å². The van der Waals surface area contributed by atoms with Crippen LogP contribution in [0.1, 0.15) is 84.5 Å². The first-order chi connectivity index (χ1) is 63.9. The molecule has 16 aromatic rings. The van der Waals surface area contributed by atoms with Gasteiger partial charge in [-0.1, -0.05) is 72.8 Å². The van der Waals surface area contributed by atoms with E-state index in [0.29, 0.717) is 126 Å². The number of alkyl halides is 12. The number of hydrogen-bond acceptors (Lipinski definition) is 19. The SMILES string of the molecule is CC(C)(C)NC(=O)c1ccc(Nc2nc3cccc(-c4cccc(C(F)(F)F)c4)n3n2)cc1.CN(C)CCNC(=O)c1ccc(Nc2nc3cccc(-c4cccc(C(F)(F)F)c4)n3n2)cc1.CNC(=O)c1ccc(Nc2nc3cccc(-c4cccc(C(F)(F)F)c4)n3n2)cc1.O=C(NCCN1CCNCC1)c1ccc(Nc2nc3cccc(-c4cccc(C(F)(F)F)c4)n3n2)cc1. The third-order valence-electron chi connectivity index (χ3n) is 20.5. The predicted octanol–water partition coefficient (Wildman–Crippen LogP) is 18.4. The molecule has 8 aromatic carbocycles. The van der Waals surface area contributed by atoms with Crippen LogP contribution >= 0.6 is 0 Å². The van der Waals surface area contributed by atoms with Crippen molar-refractivity contribution in [2.24, 2.45) is 0 Å². The van der Waals surface area contributed by atoms with Gasteiger partial charge < -0.3 is 52.8 Å². The zero-order chi connectivity index (χ0) is 95.2. The van der Waals surface area contributed by atoms with Crippen molar-refractivity contribution in [2.75, 3.05) is 94.8 Å². The first-order valence-corrected chi connectivity index (χ1v) is 41.7. The van der Waals surface area contributed by atoms with Gasteiger partial charge in [0.15, 0.2) is 22.6 Å². The number of hydrogen-bond donors (Lipinski definition) is 9. The van der Waals surface area contributed by atoms with Crippen molar-refractivity contribution in [1.82, 2.24) is 94.8 Å². The van der Waals surface area contributed by atoms with E-state index >= 15 is 0 Å². The maximum atomic E-state index is 13.2. The third kappa shape index (κ3) is 24.5. The molecule has 0 bridgehead atoms. The van der Waals surface area contributed by atoms with Gasteiger partial charge in [-0.15, -0.1) is 20.4 Å². The number of fused-ring (bicyclic) bond motifs is 4. The number of piperazine rings is 1. The second-order valence-corrected chi connectivity index (χ2v) is 31.8. The number of carbonyl (C=O) groups excluding carboxylic acids is 4. The zero-order valence-corrected chi connectivity index (χ0v) is 72.5. The van der Waals surface area contributed by atoms with Crippen LogP contribution in [-0.4, -0.2) is 171 Å². The van der Waals surface area contributed by atoms with E-state index in [1.54, 1.807) is 201 Å². The highest BCUT2D eigenvalue weighted by Gasteiger charge is 2.35. The summed E-state index contributed by atoms with van der Waals surface area (Å²) in [4.78, 5) is 70.5. The van der Waals surface area contributed by atoms with E-state index in [2.05, 4.69) is 93.1 Å². The second-order valence-electron chi connectivity index (χ2n) is 31.8. The first kappa shape index (κ1) is 94.5. The van der Waals surface area contributed by atoms with Crippen LogP contribution in [0, 0.1) is 0 Å². The average molecular weight is 1840 g/mol. The molecular weight excluding hydrogens is 1760 g/mol. The van der Waals surface area contributed by atoms with E-state index in [0.717, 1.165) is 87.8 Å². The number of benzene rings is 8. The Morgan fingerprint density at radius 2 is 0.619 bits per heavy atom. The number of likely N-dealkylation sites (N-methyl/N-ethyl adjacent to an activating group) is 1. The van der Waals surface area contributed by atoms with Gasteiger partial charge in [0, 0.05) is 132 Å². The van der Waals surface area contributed by atoms with Crippen LogP contribution in [0.4, 0.5) is 99.2 Å². The number of anilines is 8. The molecule has 0 atom stereocenters. The van der Waals surface area contributed by atoms with E-state index < -0.39 is 47.0 Å². The number of pyridine rings is 4. The van der Waals surface area contributed by atoms with E-state index in [1.807, 2.05) is 39.8 Å². The van der Waals surface area contributed by atoms with E-state index in [-0.39, 0.29) is 53.0 Å². The summed E-state index contributed by atoms with van der Waals surface area (Å²) in [6.07, 6.45) is -17.7. The van der Waals surface area contributed by atoms with Crippen LogP contribution in [0.25, 0.3) is 67.6 Å². The maximum Gasteiger partial charge on any atom is 0.416 e. The number of aromatic nitrogens is 12. The predicted molar refractivity (Wildman–Crippen MR) is 486 cm³/mol. The number of rotatable bonds is 22. The molecule has 134 heavy (non-hydrogen) atoms. The molecule has 9 N–H and O–H groups in total. The van der Waals surface area contributed by atoms with Gasteiger partial charge in [0.1, 0.15) is 0 Å². The summed E-state index contributed by atoms with van der Waals surface area (Å²) in [6.45, 7) is 12.3. The van der Waals surface area contributed by atoms with Crippen molar-refractivity contribution in [2.45, 2.75) is 51.0 Å². The summed E-state index contributed by atoms with van der Waals surface area (Å²) in [7, 11) is 5.42. The van der Waals surface area contributed by atoms with E-state index in [9.17, 15) is 71.9 Å². The fourth-order valence-corrected chi connectivity index (χ4v) is 13.9. The van der Waals surface area contributed by atoms with Gasteiger partial charge in [0.05, 0.1) is 45.0 Å². The summed E-state index contributed by atoms with van der Waals surface area (Å²) in [5.41, 5.74) is 6.87. The molecule has 0 aliphatic carbocycles. The number of nitrogens with zero attached hydrogens (tertiary/aromatic N) is 14. The number of nitrogens with one attached hydrogen (secondary N) is 9. The second kappa shape index (κ2) is 40.8. The molecule has 1 aliphatic heterocycles. The van der Waals surface area contributed by atoms with Crippen LogP contribution in [0.3, 0.4) is 0 Å². The molecule has 0 unspecified atom stereocenters. The summed E-state index contributed by atoms with van der Waals surface area (Å²) in [5.74, 6) is 0.450. The van der Waals surface area contributed by atoms with Gasteiger partial charge in [-0.25, -0.2) is 18.1 Å². The van der Waals surface area contributed by atoms with Crippen molar-refractivity contribution >= 4 is 92.8 Å². The monoisotopic (exact) mass is 1840 g/mol. The van der Waals surface area contributed by atoms with Crippen LogP contribution in [0.2, 0.25) is 0 Å². The molecule has 0 saturated carbocycles. The van der Waals surface area contributed by atoms with Gasteiger partial charge in [0.25, 0.3) is 23.6 Å². The normalized spacial score (nSPS) is 12.5. The molecule has 17 rings (SSSR count). The third-order valence-corrected chi connectivity index (χ3v) is 20.5. The molecule has 1 fully saturated rings. The number of halogens is 12. The van der Waals surface area contributed by atoms with Crippen molar-refractivity contribution in [3.8, 4) is 45.0 Å². The zero-order valence-electron chi connectivity index (χ0n) is 72.5. The molecule has 0 radical (unpaired) electrons. The van der Waals surface area contributed by atoms with Gasteiger partial charge in [-0.2, -0.15) is 72.6 Å². The summed E-state index contributed by atoms with van der Waals surface area (Å²) >= 11 is 0. The van der Waals surface area contributed by atoms with Gasteiger partial charge in [0.2, 0.25) is 23.8 Å². The standard InChI is InChI=1S/C26H26F3N7O.C24H23F3N6O.C24H22F3N5O.C21H16F3N5O/c27-26(28,29)20-4-1-3-19(17-20)22-5-2-6-23-33-25(34-36(22)23)32-21-9-7-18(8-10-21)24(37)31-13-16-35-14-11-30-12-15-35;1-32(2)14-13-28-22(34)16-9-11-19(12-10-16)29-23-30-21-8-4-7-20(33(21)31-23)17-5-3-6-18(15-17)24(25,26)27;1-23(2,3)30-21(33)15-10-12-18(13-11-15)28-22-29-20-9-5-8-19(32(20)31-22)16-6-4-7-17(14-16)24(25,26)27;1-25-19(30)13-8-10-16(11-9-13)26-20-27-18-7-3-6-17(29(18)28-20)14-4-2-5-15(12-14)21(22,23)24/h1-10,17,30H,11-16H2,(H,31,37)(H,32,34);3-12,15H,13-14H2,1-2H3,(H,28,34)(H,29,31);4-14H,1-3H3,(H,28,31)(H,30,33);2-12H,1H3,(H,25,30)(H,26,28). The smallest absolute Gasteiger partial charge is 0.355 e. The molecule has 39 heteroatoms. The largest absolute Gasteiger partial charge is 0.416 e. The van der Waals surface area contributed by atoms with Crippen molar-refractivity contribution < 1.29 is 71.9 Å². The number of amides is 4. The Labute approximate surface area is 758 Å². The van der Waals surface area contributed by atoms with E-state index in [4.69, 9.17) is 0 Å². The van der Waals surface area contributed by atoms with Crippen LogP contribution in [0.5, 0.6) is 0 Å². The fraction of sp³-hybridized carbons (Fsp3) is 0.200. The Morgan fingerprint density at radius 1 is 0.351 bits per heavy atom. The maximum absolute atomic E-state index is 13.2. The molecule has 8 aromatic heterocycles.